The molecule has 0 spiro atoms. The molecule has 2 atom stereocenters. The summed E-state index contributed by atoms with van der Waals surface area (Å²) in [6.45, 7) is 6.98. The van der Waals surface area contributed by atoms with Crippen LogP contribution in [0.3, 0.4) is 0 Å². The van der Waals surface area contributed by atoms with E-state index in [0.717, 1.165) is 32.8 Å². The Morgan fingerprint density at radius 3 is 2.59 bits per heavy atom. The lowest BCUT2D eigenvalue weighted by molar-refractivity contribution is -0.128. The van der Waals surface area contributed by atoms with Gasteiger partial charge in [-0.1, -0.05) is 66.6 Å². The summed E-state index contributed by atoms with van der Waals surface area (Å²) in [4.78, 5) is 29.5. The van der Waals surface area contributed by atoms with Gasteiger partial charge in [0.2, 0.25) is 11.8 Å². The lowest BCUT2D eigenvalue weighted by atomic mass is 10.0. The highest BCUT2D eigenvalue weighted by atomic mass is 35.5. The second kappa shape index (κ2) is 10.7. The van der Waals surface area contributed by atoms with Crippen molar-refractivity contribution in [2.75, 3.05) is 11.4 Å². The predicted octanol–water partition coefficient (Wildman–Crippen LogP) is 5.96. The van der Waals surface area contributed by atoms with Gasteiger partial charge in [0.05, 0.1) is 18.2 Å². The molecule has 3 aromatic carbocycles. The molecule has 0 saturated heterocycles. The van der Waals surface area contributed by atoms with E-state index in [1.54, 1.807) is 0 Å². The molecule has 2 amide bonds. The third kappa shape index (κ3) is 5.48. The molecule has 1 aliphatic rings. The number of hydrogen-bond acceptors (Lipinski definition) is 3. The van der Waals surface area contributed by atoms with Gasteiger partial charge < -0.3 is 10.2 Å². The van der Waals surface area contributed by atoms with Crippen LogP contribution in [-0.2, 0) is 22.6 Å². The largest absolute Gasteiger partial charge is 0.355 e. The van der Waals surface area contributed by atoms with E-state index in [-0.39, 0.29) is 11.8 Å². The van der Waals surface area contributed by atoms with E-state index in [4.69, 9.17) is 11.6 Å². The average Bonchev–Trinajstić information content (AvgIpc) is 2.83. The lowest BCUT2D eigenvalue weighted by Gasteiger charge is -2.36. The van der Waals surface area contributed by atoms with Crippen LogP contribution >= 0.6 is 23.4 Å². The number of amides is 2. The molecule has 0 aliphatic carbocycles. The Morgan fingerprint density at radius 2 is 1.82 bits per heavy atom. The van der Waals surface area contributed by atoms with Crippen LogP contribution < -0.4 is 10.2 Å². The Labute approximate surface area is 210 Å². The van der Waals surface area contributed by atoms with Crippen molar-refractivity contribution >= 4 is 40.9 Å². The normalized spacial score (nSPS) is 16.2. The molecule has 176 valence electrons. The number of rotatable bonds is 7. The Hall–Kier alpha value is -2.76. The van der Waals surface area contributed by atoms with Crippen LogP contribution in [-0.4, -0.2) is 23.6 Å². The average molecular weight is 493 g/mol. The van der Waals surface area contributed by atoms with Gasteiger partial charge >= 0.3 is 0 Å². The van der Waals surface area contributed by atoms with E-state index in [9.17, 15) is 9.59 Å². The van der Waals surface area contributed by atoms with E-state index in [1.165, 1.54) is 11.8 Å². The minimum Gasteiger partial charge on any atom is -0.355 e. The molecule has 34 heavy (non-hydrogen) atoms. The van der Waals surface area contributed by atoms with E-state index in [0.29, 0.717) is 24.5 Å². The molecule has 1 aliphatic heterocycles. The zero-order valence-corrected chi connectivity index (χ0v) is 21.2. The first-order valence-corrected chi connectivity index (χ1v) is 12.7. The van der Waals surface area contributed by atoms with Gasteiger partial charge in [-0.3, -0.25) is 9.59 Å². The fourth-order valence-corrected chi connectivity index (χ4v) is 5.55. The first kappa shape index (κ1) is 24.4. The van der Waals surface area contributed by atoms with Crippen LogP contribution in [0.25, 0.3) is 0 Å². The van der Waals surface area contributed by atoms with Gasteiger partial charge in [0.15, 0.2) is 0 Å². The summed E-state index contributed by atoms with van der Waals surface area (Å²) in [5, 5.41) is 3.23. The number of carbonyl (C=O) groups excluding carboxylic acids is 2. The number of halogens is 1. The molecule has 0 aromatic heterocycles. The zero-order chi connectivity index (χ0) is 24.2. The van der Waals surface area contributed by atoms with Gasteiger partial charge in [-0.15, -0.1) is 11.8 Å². The number of thioether (sulfide) groups is 1. The highest BCUT2D eigenvalue weighted by Gasteiger charge is 2.39. The minimum absolute atomic E-state index is 0.0232. The third-order valence-electron chi connectivity index (χ3n) is 6.25. The second-order valence-corrected chi connectivity index (χ2v) is 10.4. The smallest absolute Gasteiger partial charge is 0.241 e. The molecule has 0 unspecified atom stereocenters. The molecular formula is C28H29ClN2O2S. The lowest BCUT2D eigenvalue weighted by Crippen LogP contribution is -2.47. The molecule has 0 bridgehead atoms. The van der Waals surface area contributed by atoms with E-state index in [2.05, 4.69) is 37.4 Å². The van der Waals surface area contributed by atoms with Crippen LogP contribution in [0.15, 0.2) is 71.6 Å². The van der Waals surface area contributed by atoms with Gasteiger partial charge in [-0.05, 0) is 61.2 Å². The topological polar surface area (TPSA) is 49.4 Å². The number of anilines is 1. The van der Waals surface area contributed by atoms with Crippen molar-refractivity contribution in [2.45, 2.75) is 43.9 Å². The van der Waals surface area contributed by atoms with E-state index < -0.39 is 11.2 Å². The first-order valence-electron chi connectivity index (χ1n) is 11.5. The first-order chi connectivity index (χ1) is 16.3. The zero-order valence-electron chi connectivity index (χ0n) is 19.7. The number of nitrogens with one attached hydrogen (secondary N) is 1. The molecule has 0 radical (unpaired) electrons. The maximum Gasteiger partial charge on any atom is 0.241 e. The van der Waals surface area contributed by atoms with Gasteiger partial charge in [0.1, 0.15) is 5.25 Å². The van der Waals surface area contributed by atoms with Gasteiger partial charge in [-0.25, -0.2) is 0 Å². The SMILES string of the molecule is Cc1ccc(C)c(CN2C(=O)[C@@H]([C@@H](C)C(=O)NCCc3ccc(Cl)cc3)Sc3ccccc32)c1. The van der Waals surface area contributed by atoms with Gasteiger partial charge in [0.25, 0.3) is 0 Å². The molecule has 3 aromatic rings. The highest BCUT2D eigenvalue weighted by Crippen LogP contribution is 2.42. The Balaban J connectivity index is 1.49. The quantitative estimate of drug-likeness (QED) is 0.442. The standard InChI is InChI=1S/C28H29ClN2O2S/c1-18-8-9-19(2)22(16-18)17-31-24-6-4-5-7-25(24)34-26(28(31)33)20(3)27(32)30-15-14-21-10-12-23(29)13-11-21/h4-13,16,20,26H,14-15,17H2,1-3H3,(H,30,32)/t20-,26-/m1/s1. The molecule has 0 fully saturated rings. The summed E-state index contributed by atoms with van der Waals surface area (Å²) in [6.07, 6.45) is 0.711. The van der Waals surface area contributed by atoms with Crippen molar-refractivity contribution < 1.29 is 9.59 Å². The fraction of sp³-hybridized carbons (Fsp3) is 0.286. The Morgan fingerprint density at radius 1 is 1.09 bits per heavy atom. The number of hydrogen-bond donors (Lipinski definition) is 1. The van der Waals surface area contributed by atoms with Crippen molar-refractivity contribution in [1.29, 1.82) is 0 Å². The molecule has 0 saturated carbocycles. The molecule has 6 heteroatoms. The monoisotopic (exact) mass is 492 g/mol. The third-order valence-corrected chi connectivity index (χ3v) is 7.96. The highest BCUT2D eigenvalue weighted by molar-refractivity contribution is 8.01. The molecule has 4 nitrogen and oxygen atoms in total. The summed E-state index contributed by atoms with van der Waals surface area (Å²) < 4.78 is 0. The summed E-state index contributed by atoms with van der Waals surface area (Å²) in [5.41, 5.74) is 5.45. The van der Waals surface area contributed by atoms with Crippen molar-refractivity contribution in [1.82, 2.24) is 5.32 Å². The van der Waals surface area contributed by atoms with Crippen LogP contribution in [0.5, 0.6) is 0 Å². The van der Waals surface area contributed by atoms with Gasteiger partial charge in [-0.2, -0.15) is 0 Å². The number of nitrogens with zero attached hydrogens (tertiary/aromatic N) is 1. The van der Waals surface area contributed by atoms with Crippen molar-refractivity contribution in [2.24, 2.45) is 5.92 Å². The molecule has 1 heterocycles. The summed E-state index contributed by atoms with van der Waals surface area (Å²) in [7, 11) is 0. The van der Waals surface area contributed by atoms with Crippen LogP contribution in [0.1, 0.15) is 29.2 Å². The van der Waals surface area contributed by atoms with Crippen LogP contribution in [0.2, 0.25) is 5.02 Å². The summed E-state index contributed by atoms with van der Waals surface area (Å²) in [6, 6.07) is 21.9. The van der Waals surface area contributed by atoms with Crippen LogP contribution in [0.4, 0.5) is 5.69 Å². The number of fused-ring (bicyclic) bond motifs is 1. The Bertz CT molecular complexity index is 1200. The molecule has 1 N–H and O–H groups in total. The predicted molar refractivity (Wildman–Crippen MR) is 141 cm³/mol. The Kier molecular flexibility index (Phi) is 7.64. The van der Waals surface area contributed by atoms with Crippen molar-refractivity contribution in [3.05, 3.63) is 94.0 Å². The minimum atomic E-state index is -0.476. The van der Waals surface area contributed by atoms with Gasteiger partial charge in [0, 0.05) is 16.5 Å². The van der Waals surface area contributed by atoms with E-state index in [1.807, 2.05) is 60.4 Å². The fourth-order valence-electron chi connectivity index (χ4n) is 4.14. The molecular weight excluding hydrogens is 464 g/mol. The maximum atomic E-state index is 13.7. The number of aryl methyl sites for hydroxylation is 2. The summed E-state index contributed by atoms with van der Waals surface area (Å²) >= 11 is 7.43. The van der Waals surface area contributed by atoms with Crippen molar-refractivity contribution in [3.8, 4) is 0 Å². The molecule has 4 rings (SSSR count). The second-order valence-electron chi connectivity index (χ2n) is 8.82. The van der Waals surface area contributed by atoms with E-state index >= 15 is 0 Å². The maximum absolute atomic E-state index is 13.7. The number of carbonyl (C=O) groups is 2. The summed E-state index contributed by atoms with van der Waals surface area (Å²) in [5.74, 6) is -0.590. The number of para-hydroxylation sites is 1. The number of benzene rings is 3. The van der Waals surface area contributed by atoms with Crippen LogP contribution in [0, 0.1) is 19.8 Å². The van der Waals surface area contributed by atoms with Crippen molar-refractivity contribution in [3.63, 3.8) is 0 Å².